The second-order valence-electron chi connectivity index (χ2n) is 4.64. The quantitative estimate of drug-likeness (QED) is 0.360. The minimum absolute atomic E-state index is 0.0503. The number of hydrogen-bond donors (Lipinski definition) is 1. The first-order valence-electron chi connectivity index (χ1n) is 6.43. The van der Waals surface area contributed by atoms with Crippen LogP contribution in [0.15, 0.2) is 0 Å². The molecular formula is C13H26O2S. The zero-order valence-corrected chi connectivity index (χ0v) is 11.6. The van der Waals surface area contributed by atoms with Crippen LogP contribution in [0, 0.1) is 5.92 Å². The molecule has 0 aromatic carbocycles. The lowest BCUT2D eigenvalue weighted by Crippen LogP contribution is -2.05. The van der Waals surface area contributed by atoms with Crippen molar-refractivity contribution < 1.29 is 9.53 Å². The van der Waals surface area contributed by atoms with Gasteiger partial charge in [-0.3, -0.25) is 4.79 Å². The highest BCUT2D eigenvalue weighted by atomic mass is 32.1. The Morgan fingerprint density at radius 2 is 1.88 bits per heavy atom. The third-order valence-corrected chi connectivity index (χ3v) is 2.79. The molecule has 0 radical (unpaired) electrons. The van der Waals surface area contributed by atoms with Gasteiger partial charge in [0.05, 0.1) is 6.61 Å². The van der Waals surface area contributed by atoms with E-state index in [1.807, 2.05) is 0 Å². The van der Waals surface area contributed by atoms with Gasteiger partial charge in [0.2, 0.25) is 0 Å². The Balaban J connectivity index is 3.15. The van der Waals surface area contributed by atoms with Crippen molar-refractivity contribution in [1.29, 1.82) is 0 Å². The standard InChI is InChI=1S/C13H26O2S/c1-12(2)8-4-3-6-10-15-13(14)9-5-7-11-16/h12,16H,3-11H2,1-2H3. The molecule has 0 aromatic heterocycles. The van der Waals surface area contributed by atoms with Gasteiger partial charge in [0, 0.05) is 6.42 Å². The van der Waals surface area contributed by atoms with Gasteiger partial charge in [-0.1, -0.05) is 33.1 Å². The van der Waals surface area contributed by atoms with E-state index in [1.165, 1.54) is 19.3 Å². The SMILES string of the molecule is CC(C)CCCCCOC(=O)CCCCS. The summed E-state index contributed by atoms with van der Waals surface area (Å²) in [6, 6.07) is 0. The normalized spacial score (nSPS) is 10.8. The first kappa shape index (κ1) is 15.8. The third kappa shape index (κ3) is 11.9. The maximum atomic E-state index is 11.2. The van der Waals surface area contributed by atoms with Gasteiger partial charge in [-0.2, -0.15) is 12.6 Å². The van der Waals surface area contributed by atoms with E-state index in [2.05, 4.69) is 26.5 Å². The van der Waals surface area contributed by atoms with Crippen LogP contribution >= 0.6 is 12.6 Å². The number of unbranched alkanes of at least 4 members (excludes halogenated alkanes) is 3. The van der Waals surface area contributed by atoms with Crippen molar-refractivity contribution in [2.75, 3.05) is 12.4 Å². The van der Waals surface area contributed by atoms with E-state index >= 15 is 0 Å². The molecule has 96 valence electrons. The fraction of sp³-hybridized carbons (Fsp3) is 0.923. The molecule has 2 nitrogen and oxygen atoms in total. The first-order chi connectivity index (χ1) is 7.66. The van der Waals surface area contributed by atoms with Crippen molar-refractivity contribution in [2.24, 2.45) is 5.92 Å². The number of ether oxygens (including phenoxy) is 1. The van der Waals surface area contributed by atoms with Crippen LogP contribution in [0.25, 0.3) is 0 Å². The van der Waals surface area contributed by atoms with Crippen molar-refractivity contribution in [3.63, 3.8) is 0 Å². The number of hydrogen-bond acceptors (Lipinski definition) is 3. The number of carbonyl (C=O) groups is 1. The first-order valence-corrected chi connectivity index (χ1v) is 7.06. The molecule has 16 heavy (non-hydrogen) atoms. The molecule has 0 rings (SSSR count). The highest BCUT2D eigenvalue weighted by Crippen LogP contribution is 2.08. The van der Waals surface area contributed by atoms with Crippen molar-refractivity contribution in [2.45, 2.75) is 58.8 Å². The van der Waals surface area contributed by atoms with Crippen LogP contribution < -0.4 is 0 Å². The summed E-state index contributed by atoms with van der Waals surface area (Å²) in [6.07, 6.45) is 7.13. The maximum absolute atomic E-state index is 11.2. The summed E-state index contributed by atoms with van der Waals surface area (Å²) in [5.41, 5.74) is 0. The van der Waals surface area contributed by atoms with E-state index in [4.69, 9.17) is 4.74 Å². The third-order valence-electron chi connectivity index (χ3n) is 2.48. The second kappa shape index (κ2) is 11.3. The Morgan fingerprint density at radius 1 is 1.12 bits per heavy atom. The monoisotopic (exact) mass is 246 g/mol. The lowest BCUT2D eigenvalue weighted by atomic mass is 10.1. The largest absolute Gasteiger partial charge is 0.466 e. The van der Waals surface area contributed by atoms with Crippen LogP contribution in [0.2, 0.25) is 0 Å². The smallest absolute Gasteiger partial charge is 0.305 e. The molecule has 0 bridgehead atoms. The molecule has 0 aromatic rings. The van der Waals surface area contributed by atoms with Gasteiger partial charge in [0.15, 0.2) is 0 Å². The van der Waals surface area contributed by atoms with Crippen LogP contribution in [-0.4, -0.2) is 18.3 Å². The van der Waals surface area contributed by atoms with Gasteiger partial charge < -0.3 is 4.74 Å². The summed E-state index contributed by atoms with van der Waals surface area (Å²) in [7, 11) is 0. The van der Waals surface area contributed by atoms with Gasteiger partial charge >= 0.3 is 5.97 Å². The number of rotatable bonds is 10. The van der Waals surface area contributed by atoms with E-state index < -0.39 is 0 Å². The Morgan fingerprint density at radius 3 is 2.50 bits per heavy atom. The van der Waals surface area contributed by atoms with Crippen molar-refractivity contribution in [1.82, 2.24) is 0 Å². The van der Waals surface area contributed by atoms with Crippen molar-refractivity contribution in [3.05, 3.63) is 0 Å². The molecule has 0 aliphatic carbocycles. The molecule has 3 heteroatoms. The Kier molecular flexibility index (Phi) is 11.2. The molecule has 0 amide bonds. The van der Waals surface area contributed by atoms with Crippen LogP contribution in [0.1, 0.15) is 58.8 Å². The molecule has 0 heterocycles. The van der Waals surface area contributed by atoms with E-state index in [9.17, 15) is 4.79 Å². The Bertz CT molecular complexity index is 169. The van der Waals surface area contributed by atoms with Crippen LogP contribution in [0.5, 0.6) is 0 Å². The van der Waals surface area contributed by atoms with E-state index in [0.29, 0.717) is 13.0 Å². The minimum Gasteiger partial charge on any atom is -0.466 e. The van der Waals surface area contributed by atoms with Gasteiger partial charge in [-0.05, 0) is 30.9 Å². The lowest BCUT2D eigenvalue weighted by Gasteiger charge is -2.05. The summed E-state index contributed by atoms with van der Waals surface area (Å²) in [5.74, 6) is 1.58. The summed E-state index contributed by atoms with van der Waals surface area (Å²) in [6.45, 7) is 5.07. The highest BCUT2D eigenvalue weighted by molar-refractivity contribution is 7.80. The van der Waals surface area contributed by atoms with Gasteiger partial charge in [-0.25, -0.2) is 0 Å². The molecule has 0 saturated carbocycles. The topological polar surface area (TPSA) is 26.3 Å². The van der Waals surface area contributed by atoms with Gasteiger partial charge in [0.25, 0.3) is 0 Å². The molecule has 0 N–H and O–H groups in total. The molecule has 0 unspecified atom stereocenters. The summed E-state index contributed by atoms with van der Waals surface area (Å²) in [5, 5.41) is 0. The number of carbonyl (C=O) groups excluding carboxylic acids is 1. The maximum Gasteiger partial charge on any atom is 0.305 e. The molecular weight excluding hydrogens is 220 g/mol. The summed E-state index contributed by atoms with van der Waals surface area (Å²) >= 11 is 4.10. The van der Waals surface area contributed by atoms with Crippen LogP contribution in [0.3, 0.4) is 0 Å². The molecule has 0 saturated heterocycles. The average Bonchev–Trinajstić information content (AvgIpc) is 2.23. The fourth-order valence-electron chi connectivity index (χ4n) is 1.47. The zero-order chi connectivity index (χ0) is 12.2. The predicted octanol–water partition coefficient (Wildman–Crippen LogP) is 3.85. The van der Waals surface area contributed by atoms with E-state index in [-0.39, 0.29) is 5.97 Å². The Hall–Kier alpha value is -0.180. The number of thiol groups is 1. The number of esters is 1. The van der Waals surface area contributed by atoms with Crippen LogP contribution in [0.4, 0.5) is 0 Å². The molecule has 0 spiro atoms. The average molecular weight is 246 g/mol. The molecule has 0 aliphatic rings. The highest BCUT2D eigenvalue weighted by Gasteiger charge is 2.01. The van der Waals surface area contributed by atoms with Crippen LogP contribution in [-0.2, 0) is 9.53 Å². The lowest BCUT2D eigenvalue weighted by molar-refractivity contribution is -0.143. The van der Waals surface area contributed by atoms with E-state index in [1.54, 1.807) is 0 Å². The molecule has 0 fully saturated rings. The van der Waals surface area contributed by atoms with Crippen molar-refractivity contribution in [3.8, 4) is 0 Å². The predicted molar refractivity (Wildman–Crippen MR) is 72.0 cm³/mol. The zero-order valence-electron chi connectivity index (χ0n) is 10.7. The molecule has 0 atom stereocenters. The minimum atomic E-state index is -0.0503. The van der Waals surface area contributed by atoms with Gasteiger partial charge in [-0.15, -0.1) is 0 Å². The van der Waals surface area contributed by atoms with E-state index in [0.717, 1.165) is 30.9 Å². The molecule has 0 aliphatic heterocycles. The fourth-order valence-corrected chi connectivity index (χ4v) is 1.69. The second-order valence-corrected chi connectivity index (χ2v) is 5.09. The Labute approximate surface area is 106 Å². The van der Waals surface area contributed by atoms with Gasteiger partial charge in [0.1, 0.15) is 0 Å². The summed E-state index contributed by atoms with van der Waals surface area (Å²) < 4.78 is 5.13. The summed E-state index contributed by atoms with van der Waals surface area (Å²) in [4.78, 5) is 11.2. The van der Waals surface area contributed by atoms with Crippen molar-refractivity contribution >= 4 is 18.6 Å².